The van der Waals surface area contributed by atoms with Gasteiger partial charge in [0.15, 0.2) is 5.60 Å². The number of hydrogen-bond donors (Lipinski definition) is 2. The molecule has 0 saturated heterocycles. The molecule has 4 aliphatic rings. The Morgan fingerprint density at radius 1 is 1.21 bits per heavy atom. The molecule has 2 aromatic carbocycles. The third kappa shape index (κ3) is 5.54. The Bertz CT molecular complexity index is 1430. The van der Waals surface area contributed by atoms with Gasteiger partial charge >= 0.3 is 0 Å². The summed E-state index contributed by atoms with van der Waals surface area (Å²) in [5, 5.41) is 12.4. The van der Waals surface area contributed by atoms with Crippen LogP contribution < -0.4 is 15.4 Å². The number of aryl methyl sites for hydroxylation is 1. The molecule has 6 rings (SSSR count). The fraction of sp³-hybridized carbons (Fsp3) is 0.529. The van der Waals surface area contributed by atoms with E-state index in [2.05, 4.69) is 29.2 Å². The minimum absolute atomic E-state index is 0.00634. The molecule has 2 amide bonds. The summed E-state index contributed by atoms with van der Waals surface area (Å²) < 4.78 is 12.6. The van der Waals surface area contributed by atoms with Gasteiger partial charge in [-0.25, -0.2) is 0 Å². The topological polar surface area (TPSA) is 105 Å². The number of aliphatic hydroxyl groups is 1. The average Bonchev–Trinajstić information content (AvgIpc) is 3.12. The first-order valence-corrected chi connectivity index (χ1v) is 15.8. The zero-order valence-electron chi connectivity index (χ0n) is 25.1. The van der Waals surface area contributed by atoms with Crippen LogP contribution in [-0.2, 0) is 31.8 Å². The lowest BCUT2D eigenvalue weighted by Gasteiger charge is -2.46. The Hall–Kier alpha value is -3.07. The van der Waals surface area contributed by atoms with Crippen LogP contribution in [0.5, 0.6) is 5.75 Å². The van der Waals surface area contributed by atoms with E-state index in [4.69, 9.17) is 26.8 Å². The third-order valence-electron chi connectivity index (χ3n) is 10.3. The highest BCUT2D eigenvalue weighted by atomic mass is 35.5. The third-order valence-corrected chi connectivity index (χ3v) is 10.6. The molecule has 2 aromatic rings. The first-order chi connectivity index (χ1) is 20.6. The number of carbonyl (C=O) groups is 2. The molecule has 2 aliphatic heterocycles. The van der Waals surface area contributed by atoms with Gasteiger partial charge in [0.05, 0.1) is 24.8 Å². The fourth-order valence-electron chi connectivity index (χ4n) is 7.61. The summed E-state index contributed by atoms with van der Waals surface area (Å²) in [4.78, 5) is 29.9. The van der Waals surface area contributed by atoms with Gasteiger partial charge in [-0.15, -0.1) is 0 Å². The SMILES string of the molecule is CO[C@H]1/C=C\CCN(C)C(=O)C[C@](O)(C(N)=O)c2ccc3c(c2)N(C[C@@H]2CC[C@H]21)C[C@@]1(CCCc2cc(Cl)ccc21)CO3. The molecule has 0 radical (unpaired) electrons. The molecule has 2 bridgehead atoms. The smallest absolute Gasteiger partial charge is 0.254 e. The first-order valence-electron chi connectivity index (χ1n) is 15.4. The second-order valence-electron chi connectivity index (χ2n) is 12.9. The molecule has 8 nitrogen and oxygen atoms in total. The predicted octanol–water partition coefficient (Wildman–Crippen LogP) is 4.34. The van der Waals surface area contributed by atoms with Crippen molar-refractivity contribution in [3.63, 3.8) is 0 Å². The zero-order chi connectivity index (χ0) is 30.4. The monoisotopic (exact) mass is 607 g/mol. The number of hydrogen-bond acceptors (Lipinski definition) is 6. The second-order valence-corrected chi connectivity index (χ2v) is 13.4. The summed E-state index contributed by atoms with van der Waals surface area (Å²) >= 11 is 6.42. The van der Waals surface area contributed by atoms with Gasteiger partial charge in [-0.05, 0) is 91.3 Å². The number of benzene rings is 2. The summed E-state index contributed by atoms with van der Waals surface area (Å²) in [7, 11) is 3.45. The molecule has 0 unspecified atom stereocenters. The number of amides is 2. The van der Waals surface area contributed by atoms with Gasteiger partial charge in [0.25, 0.3) is 5.91 Å². The van der Waals surface area contributed by atoms with E-state index in [0.29, 0.717) is 49.3 Å². The van der Waals surface area contributed by atoms with Gasteiger partial charge in [-0.1, -0.05) is 35.9 Å². The maximum Gasteiger partial charge on any atom is 0.254 e. The van der Waals surface area contributed by atoms with E-state index in [-0.39, 0.29) is 17.4 Å². The van der Waals surface area contributed by atoms with Crippen molar-refractivity contribution in [2.75, 3.05) is 45.3 Å². The van der Waals surface area contributed by atoms with Crippen molar-refractivity contribution in [1.82, 2.24) is 4.90 Å². The number of nitrogens with two attached hydrogens (primary N) is 1. The molecule has 0 aromatic heterocycles. The summed E-state index contributed by atoms with van der Waals surface area (Å²) in [5.41, 5.74) is 7.03. The van der Waals surface area contributed by atoms with Crippen molar-refractivity contribution < 1.29 is 24.2 Å². The molecule has 1 saturated carbocycles. The summed E-state index contributed by atoms with van der Waals surface area (Å²) in [6.45, 7) is 2.45. The normalized spacial score (nSPS) is 31.7. The second kappa shape index (κ2) is 11.8. The Morgan fingerprint density at radius 3 is 2.79 bits per heavy atom. The van der Waals surface area contributed by atoms with Crippen molar-refractivity contribution in [3.8, 4) is 5.75 Å². The van der Waals surface area contributed by atoms with E-state index in [1.807, 2.05) is 18.2 Å². The molecule has 2 heterocycles. The lowest BCUT2D eigenvalue weighted by atomic mass is 9.68. The zero-order valence-corrected chi connectivity index (χ0v) is 25.8. The predicted molar refractivity (Wildman–Crippen MR) is 166 cm³/mol. The number of primary amides is 1. The summed E-state index contributed by atoms with van der Waals surface area (Å²) in [5.74, 6) is 0.135. The van der Waals surface area contributed by atoms with Crippen molar-refractivity contribution in [2.24, 2.45) is 17.6 Å². The molecule has 3 N–H and O–H groups in total. The highest BCUT2D eigenvalue weighted by Gasteiger charge is 2.46. The molecule has 43 heavy (non-hydrogen) atoms. The maximum absolute atomic E-state index is 13.2. The highest BCUT2D eigenvalue weighted by molar-refractivity contribution is 6.30. The average molecular weight is 608 g/mol. The standard InChI is InChI=1S/C34H42ClN3O5/c1-37-15-4-3-7-29(42-2)26-11-8-23(26)19-38-20-33(14-5-6-22-16-25(35)10-12-27(22)33)21-43-30-13-9-24(17-28(30)38)34(41,32(36)40)18-31(37)39/h3,7,9-10,12-13,16-17,23,26,29,41H,4-6,8,11,14-15,18-21H2,1-2H3,(H2,36,40)/b7-3-/t23-,26+,29-,33-,34+/m0/s1. The lowest BCUT2D eigenvalue weighted by molar-refractivity contribution is -0.147. The van der Waals surface area contributed by atoms with Gasteiger partial charge in [-0.2, -0.15) is 0 Å². The summed E-state index contributed by atoms with van der Waals surface area (Å²) in [6, 6.07) is 11.5. The summed E-state index contributed by atoms with van der Waals surface area (Å²) in [6.07, 6.45) is 9.55. The van der Waals surface area contributed by atoms with Crippen LogP contribution in [0.3, 0.4) is 0 Å². The van der Waals surface area contributed by atoms with Crippen LogP contribution in [-0.4, -0.2) is 68.3 Å². The van der Waals surface area contributed by atoms with Crippen LogP contribution >= 0.6 is 11.6 Å². The number of halogens is 1. The van der Waals surface area contributed by atoms with Gasteiger partial charge in [0, 0.05) is 44.2 Å². The first kappa shape index (κ1) is 30.0. The Labute approximate surface area is 258 Å². The molecular weight excluding hydrogens is 566 g/mol. The van der Waals surface area contributed by atoms with E-state index < -0.39 is 17.9 Å². The number of rotatable bonds is 2. The quantitative estimate of drug-likeness (QED) is 0.492. The van der Waals surface area contributed by atoms with Crippen LogP contribution in [0.1, 0.15) is 55.2 Å². The number of fused-ring (bicyclic) bond motifs is 4. The van der Waals surface area contributed by atoms with Crippen LogP contribution in [0, 0.1) is 11.8 Å². The number of carbonyl (C=O) groups excluding carboxylic acids is 2. The van der Waals surface area contributed by atoms with Gasteiger partial charge in [0.1, 0.15) is 5.75 Å². The molecule has 2 aliphatic carbocycles. The largest absolute Gasteiger partial charge is 0.490 e. The Kier molecular flexibility index (Phi) is 8.22. The molecule has 1 fully saturated rings. The highest BCUT2D eigenvalue weighted by Crippen LogP contribution is 2.47. The van der Waals surface area contributed by atoms with Crippen LogP contribution in [0.2, 0.25) is 5.02 Å². The van der Waals surface area contributed by atoms with E-state index in [1.165, 1.54) is 16.0 Å². The van der Waals surface area contributed by atoms with Crippen molar-refractivity contribution in [1.29, 1.82) is 0 Å². The van der Waals surface area contributed by atoms with Gasteiger partial charge < -0.3 is 30.1 Å². The van der Waals surface area contributed by atoms with Gasteiger partial charge in [0.2, 0.25) is 5.91 Å². The van der Waals surface area contributed by atoms with Gasteiger partial charge in [-0.3, -0.25) is 9.59 Å². The fourth-order valence-corrected chi connectivity index (χ4v) is 7.81. The van der Waals surface area contributed by atoms with Crippen molar-refractivity contribution in [3.05, 3.63) is 70.3 Å². The molecule has 5 atom stereocenters. The minimum atomic E-state index is -2.16. The van der Waals surface area contributed by atoms with E-state index in [1.54, 1.807) is 20.2 Å². The molecule has 1 spiro atoms. The number of ether oxygens (including phenoxy) is 2. The van der Waals surface area contributed by atoms with Crippen LogP contribution in [0.25, 0.3) is 0 Å². The van der Waals surface area contributed by atoms with Crippen molar-refractivity contribution in [2.45, 2.75) is 62.1 Å². The number of nitrogens with zero attached hydrogens (tertiary/aromatic N) is 2. The molecular formula is C34H42ClN3O5. The number of methoxy groups -OCH3 is 1. The minimum Gasteiger partial charge on any atom is -0.490 e. The molecule has 230 valence electrons. The number of anilines is 1. The van der Waals surface area contributed by atoms with Crippen LogP contribution in [0.15, 0.2) is 48.6 Å². The molecule has 9 heteroatoms. The van der Waals surface area contributed by atoms with Crippen LogP contribution in [0.4, 0.5) is 5.69 Å². The Morgan fingerprint density at radius 2 is 2.05 bits per heavy atom. The van der Waals surface area contributed by atoms with E-state index in [0.717, 1.165) is 49.4 Å². The Balaban J connectivity index is 1.46. The van der Waals surface area contributed by atoms with E-state index in [9.17, 15) is 14.7 Å². The lowest BCUT2D eigenvalue weighted by Crippen LogP contribution is -2.49. The van der Waals surface area contributed by atoms with E-state index >= 15 is 0 Å². The maximum atomic E-state index is 13.2. The van der Waals surface area contributed by atoms with Crippen molar-refractivity contribution >= 4 is 29.1 Å².